The van der Waals surface area contributed by atoms with E-state index in [1.807, 2.05) is 0 Å². The van der Waals surface area contributed by atoms with Crippen molar-refractivity contribution in [3.05, 3.63) is 0 Å². The lowest BCUT2D eigenvalue weighted by Crippen LogP contribution is -2.57. The third-order valence-corrected chi connectivity index (χ3v) is 18.5. The van der Waals surface area contributed by atoms with Crippen molar-refractivity contribution in [2.75, 3.05) is 0 Å². The van der Waals surface area contributed by atoms with Gasteiger partial charge in [0.15, 0.2) is 32.9 Å². The van der Waals surface area contributed by atoms with Crippen LogP contribution in [-0.4, -0.2) is 58.8 Å². The maximum Gasteiger partial charge on any atom is 0.158 e. The number of carbonyl (C=O) groups excluding carboxylic acids is 1. The molecule has 0 unspecified atom stereocenters. The number of carbonyl (C=O) groups is 1. The van der Waals surface area contributed by atoms with Gasteiger partial charge >= 0.3 is 0 Å². The van der Waals surface area contributed by atoms with Crippen LogP contribution in [-0.2, 0) is 4.79 Å². The van der Waals surface area contributed by atoms with Crippen LogP contribution in [0.4, 0.5) is 0 Å². The molecule has 29 heavy (non-hydrogen) atoms. The number of Topliss-reactive ketones (excluding diaryl/α,β-unsaturated/α-hetero) is 1. The topological polar surface area (TPSA) is 48.3 Å². The van der Waals surface area contributed by atoms with Crippen molar-refractivity contribution >= 4 is 50.1 Å². The summed E-state index contributed by atoms with van der Waals surface area (Å²) in [7, 11) is -6.50. The molecule has 1 fully saturated rings. The third-order valence-electron chi connectivity index (χ3n) is 4.94. The average molecular weight is 471 g/mol. The van der Waals surface area contributed by atoms with E-state index in [2.05, 4.69) is 87.2 Å². The minimum Gasteiger partial charge on any atom is -0.350 e. The molecule has 0 N–H and O–H groups in total. The molecule has 5 nitrogen and oxygen atoms in total. The summed E-state index contributed by atoms with van der Waals surface area (Å²) in [6.07, 6.45) is 2.86. The van der Waals surface area contributed by atoms with Crippen LogP contribution in [0.1, 0.15) is 26.2 Å². The highest BCUT2D eigenvalue weighted by atomic mass is 28.4. The van der Waals surface area contributed by atoms with Crippen molar-refractivity contribution in [3.63, 3.8) is 0 Å². The molecular weight excluding hydrogens is 425 g/mol. The summed E-state index contributed by atoms with van der Waals surface area (Å²) < 4.78 is 4.89. The Morgan fingerprint density at radius 2 is 0.966 bits per heavy atom. The molecule has 1 aliphatic carbocycles. The molecule has 0 radical (unpaired) electrons. The van der Waals surface area contributed by atoms with Crippen LogP contribution in [0.3, 0.4) is 0 Å². The van der Waals surface area contributed by atoms with E-state index in [9.17, 15) is 4.79 Å². The molecular formula is C20H46N4OSi4. The molecule has 0 aliphatic heterocycles. The van der Waals surface area contributed by atoms with E-state index >= 15 is 0 Å². The van der Waals surface area contributed by atoms with Gasteiger partial charge in [0.1, 0.15) is 5.78 Å². The Morgan fingerprint density at radius 3 is 1.17 bits per heavy atom. The van der Waals surface area contributed by atoms with Crippen LogP contribution in [0.2, 0.25) is 78.6 Å². The minimum absolute atomic E-state index is 0.194. The molecule has 0 spiro atoms. The first kappa shape index (κ1) is 26.5. The van der Waals surface area contributed by atoms with E-state index < -0.39 is 32.9 Å². The van der Waals surface area contributed by atoms with Crippen molar-refractivity contribution in [1.82, 2.24) is 8.68 Å². The zero-order chi connectivity index (χ0) is 23.0. The molecule has 1 rings (SSSR count). The van der Waals surface area contributed by atoms with E-state index in [1.54, 1.807) is 6.92 Å². The van der Waals surface area contributed by atoms with Crippen LogP contribution < -0.4 is 0 Å². The molecule has 1 saturated carbocycles. The predicted molar refractivity (Wildman–Crippen MR) is 140 cm³/mol. The standard InChI is InChI=1S/C20H46N4OSi4/c1-17(25)20-18(21-23(26(2,3)4)27(5,6)7)15-14-16-19(20)22-24(28(8,9)10)29(11,12)13/h20H,14-16H2,1-13H3/b21-18+,22-19+. The van der Waals surface area contributed by atoms with Gasteiger partial charge in [0.25, 0.3) is 0 Å². The molecule has 0 aromatic rings. The number of hydrogen-bond acceptors (Lipinski definition) is 5. The first-order chi connectivity index (χ1) is 12.8. The molecule has 0 aromatic heterocycles. The molecule has 0 heterocycles. The van der Waals surface area contributed by atoms with E-state index in [0.29, 0.717) is 0 Å². The zero-order valence-electron chi connectivity index (χ0n) is 21.4. The number of hydrazone groups is 2. The average Bonchev–Trinajstić information content (AvgIpc) is 2.45. The summed E-state index contributed by atoms with van der Waals surface area (Å²) in [4.78, 5) is 12.8. The molecule has 0 atom stereocenters. The van der Waals surface area contributed by atoms with Gasteiger partial charge in [-0.15, -0.1) is 0 Å². The molecule has 0 bridgehead atoms. The van der Waals surface area contributed by atoms with Gasteiger partial charge in [0.05, 0.1) is 17.3 Å². The van der Waals surface area contributed by atoms with Crippen molar-refractivity contribution in [2.45, 2.75) is 105 Å². The summed E-state index contributed by atoms with van der Waals surface area (Å²) in [6.45, 7) is 30.0. The van der Waals surface area contributed by atoms with E-state index in [0.717, 1.165) is 30.7 Å². The second-order valence-electron chi connectivity index (χ2n) is 12.4. The fraction of sp³-hybridized carbons (Fsp3) is 0.850. The highest BCUT2D eigenvalue weighted by molar-refractivity contribution is 6.90. The molecule has 0 aromatic carbocycles. The number of hydrogen-bond donors (Lipinski definition) is 0. The van der Waals surface area contributed by atoms with Crippen LogP contribution in [0.15, 0.2) is 10.2 Å². The number of ketones is 1. The Balaban J connectivity index is 3.54. The highest BCUT2D eigenvalue weighted by Gasteiger charge is 2.39. The lowest BCUT2D eigenvalue weighted by molar-refractivity contribution is -0.117. The second kappa shape index (κ2) is 8.92. The Labute approximate surface area is 184 Å². The fourth-order valence-corrected chi connectivity index (χ4v) is 22.3. The fourth-order valence-electron chi connectivity index (χ4n) is 4.49. The summed E-state index contributed by atoms with van der Waals surface area (Å²) in [5.74, 6) is -0.0476. The first-order valence-corrected chi connectivity index (χ1v) is 24.8. The van der Waals surface area contributed by atoms with Gasteiger partial charge in [0.2, 0.25) is 0 Å². The Morgan fingerprint density at radius 1 is 0.690 bits per heavy atom. The largest absolute Gasteiger partial charge is 0.350 e. The van der Waals surface area contributed by atoms with Crippen molar-refractivity contribution in [1.29, 1.82) is 0 Å². The van der Waals surface area contributed by atoms with Gasteiger partial charge in [0, 0.05) is 0 Å². The molecule has 9 heteroatoms. The van der Waals surface area contributed by atoms with Gasteiger partial charge in [-0.2, -0.15) is 0 Å². The third kappa shape index (κ3) is 7.29. The van der Waals surface area contributed by atoms with Crippen molar-refractivity contribution < 1.29 is 4.79 Å². The van der Waals surface area contributed by atoms with Crippen LogP contribution >= 0.6 is 0 Å². The summed E-state index contributed by atoms with van der Waals surface area (Å²) >= 11 is 0. The SMILES string of the molecule is CC(=O)C1/C(=N/N([Si](C)(C)C)[Si](C)(C)C)CCC/C1=N\N([Si](C)(C)C)[Si](C)(C)C. The summed E-state index contributed by atoms with van der Waals surface area (Å²) in [5.41, 5.74) is 2.11. The van der Waals surface area contributed by atoms with E-state index in [4.69, 9.17) is 10.2 Å². The molecule has 168 valence electrons. The van der Waals surface area contributed by atoms with E-state index in [-0.39, 0.29) is 11.7 Å². The van der Waals surface area contributed by atoms with Crippen molar-refractivity contribution in [2.24, 2.45) is 16.1 Å². The number of rotatable bonds is 7. The van der Waals surface area contributed by atoms with Gasteiger partial charge in [-0.25, -0.2) is 10.2 Å². The number of nitrogens with zero attached hydrogens (tertiary/aromatic N) is 4. The lowest BCUT2D eigenvalue weighted by atomic mass is 9.83. The second-order valence-corrected chi connectivity index (χ2v) is 32.3. The molecule has 0 saturated heterocycles. The normalized spacial score (nSPS) is 22.2. The highest BCUT2D eigenvalue weighted by Crippen LogP contribution is 2.28. The molecule has 1 aliphatic rings. The Bertz CT molecular complexity index is 586. The monoisotopic (exact) mass is 470 g/mol. The van der Waals surface area contributed by atoms with Crippen LogP contribution in [0.25, 0.3) is 0 Å². The van der Waals surface area contributed by atoms with Crippen molar-refractivity contribution in [3.8, 4) is 0 Å². The smallest absolute Gasteiger partial charge is 0.158 e. The Hall–Kier alpha value is -0.522. The van der Waals surface area contributed by atoms with Gasteiger partial charge in [-0.1, -0.05) is 78.6 Å². The molecule has 0 amide bonds. The lowest BCUT2D eigenvalue weighted by Gasteiger charge is -2.44. The maximum absolute atomic E-state index is 12.8. The van der Waals surface area contributed by atoms with Gasteiger partial charge in [-0.05, 0) is 26.2 Å². The zero-order valence-corrected chi connectivity index (χ0v) is 25.4. The van der Waals surface area contributed by atoms with Gasteiger partial charge in [-0.3, -0.25) is 4.79 Å². The van der Waals surface area contributed by atoms with Crippen LogP contribution in [0.5, 0.6) is 0 Å². The van der Waals surface area contributed by atoms with Gasteiger partial charge < -0.3 is 8.68 Å². The minimum atomic E-state index is -1.62. The van der Waals surface area contributed by atoms with Crippen LogP contribution in [0, 0.1) is 5.92 Å². The Kier molecular flexibility index (Phi) is 8.15. The quantitative estimate of drug-likeness (QED) is 0.337. The maximum atomic E-state index is 12.8. The predicted octanol–water partition coefficient (Wildman–Crippen LogP) is 6.03. The summed E-state index contributed by atoms with van der Waals surface area (Å²) in [6, 6.07) is 0. The van der Waals surface area contributed by atoms with E-state index in [1.165, 1.54) is 0 Å². The first-order valence-electron chi connectivity index (χ1n) is 11.0. The summed E-state index contributed by atoms with van der Waals surface area (Å²) in [5, 5.41) is 10.5.